The minimum atomic E-state index is 0.187. The van der Waals surface area contributed by atoms with Crippen LogP contribution in [0.5, 0.6) is 0 Å². The zero-order valence-electron chi connectivity index (χ0n) is 13.5. The molecule has 20 heavy (non-hydrogen) atoms. The van der Waals surface area contributed by atoms with Crippen molar-refractivity contribution in [2.24, 2.45) is 0 Å². The molecule has 1 aromatic rings. The Kier molecular flexibility index (Phi) is 9.02. The van der Waals surface area contributed by atoms with Gasteiger partial charge in [0, 0.05) is 0 Å². The second-order valence-corrected chi connectivity index (χ2v) is 6.53. The predicted octanol–water partition coefficient (Wildman–Crippen LogP) is 7.23. The maximum absolute atomic E-state index is 6.51. The van der Waals surface area contributed by atoms with Crippen molar-refractivity contribution in [2.45, 2.75) is 83.4 Å². The van der Waals surface area contributed by atoms with Gasteiger partial charge in [0.1, 0.15) is 0 Å². The molecule has 1 aromatic carbocycles. The molecule has 0 bridgehead atoms. The van der Waals surface area contributed by atoms with E-state index in [0.717, 1.165) is 6.42 Å². The third-order valence-electron chi connectivity index (χ3n) is 4.29. The molecule has 0 saturated heterocycles. The molecular weight excluding hydrogens is 264 g/mol. The Balaban J connectivity index is 2.30. The normalized spacial score (nSPS) is 14.2. The average Bonchev–Trinajstić information content (AvgIpc) is 2.50. The summed E-state index contributed by atoms with van der Waals surface area (Å²) in [6.07, 6.45) is 10.3. The fourth-order valence-corrected chi connectivity index (χ4v) is 2.84. The van der Waals surface area contributed by atoms with E-state index in [9.17, 15) is 0 Å². The van der Waals surface area contributed by atoms with E-state index in [-0.39, 0.29) is 5.38 Å². The van der Waals surface area contributed by atoms with E-state index in [1.165, 1.54) is 56.1 Å². The molecule has 0 aliphatic rings. The van der Waals surface area contributed by atoms with Crippen molar-refractivity contribution < 1.29 is 0 Å². The van der Waals surface area contributed by atoms with Crippen molar-refractivity contribution in [1.29, 1.82) is 0 Å². The van der Waals surface area contributed by atoms with E-state index >= 15 is 0 Å². The maximum atomic E-state index is 6.51. The van der Waals surface area contributed by atoms with E-state index in [4.69, 9.17) is 11.6 Å². The highest BCUT2D eigenvalue weighted by Gasteiger charge is 2.09. The standard InChI is InChI=1S/C19H31Cl/c1-4-6-7-8-9-10-11-19(20)18-14-12-17(13-15-18)16(3)5-2/h12-16,19H,4-11H2,1-3H3. The van der Waals surface area contributed by atoms with E-state index in [2.05, 4.69) is 45.0 Å². The quantitative estimate of drug-likeness (QED) is 0.315. The molecule has 0 nitrogen and oxygen atoms in total. The lowest BCUT2D eigenvalue weighted by atomic mass is 9.96. The van der Waals surface area contributed by atoms with Crippen LogP contribution in [-0.4, -0.2) is 0 Å². The van der Waals surface area contributed by atoms with Crippen molar-refractivity contribution >= 4 is 11.6 Å². The Morgan fingerprint density at radius 2 is 1.40 bits per heavy atom. The molecule has 0 aliphatic carbocycles. The van der Waals surface area contributed by atoms with Crippen LogP contribution in [0.1, 0.15) is 94.6 Å². The van der Waals surface area contributed by atoms with Gasteiger partial charge < -0.3 is 0 Å². The fraction of sp³-hybridized carbons (Fsp3) is 0.684. The Morgan fingerprint density at radius 1 is 0.850 bits per heavy atom. The summed E-state index contributed by atoms with van der Waals surface area (Å²) in [5.41, 5.74) is 2.71. The number of unbranched alkanes of at least 4 members (excludes halogenated alkanes) is 5. The van der Waals surface area contributed by atoms with Crippen LogP contribution < -0.4 is 0 Å². The molecule has 1 rings (SSSR count). The number of rotatable bonds is 10. The molecule has 0 spiro atoms. The molecule has 0 radical (unpaired) electrons. The van der Waals surface area contributed by atoms with Gasteiger partial charge in [-0.25, -0.2) is 0 Å². The van der Waals surface area contributed by atoms with Crippen LogP contribution >= 0.6 is 11.6 Å². The van der Waals surface area contributed by atoms with Crippen LogP contribution in [0, 0.1) is 0 Å². The summed E-state index contributed by atoms with van der Waals surface area (Å²) in [6.45, 7) is 6.78. The van der Waals surface area contributed by atoms with Crippen LogP contribution in [0.25, 0.3) is 0 Å². The Bertz CT molecular complexity index is 341. The summed E-state index contributed by atoms with van der Waals surface area (Å²) in [5, 5.41) is 0.187. The summed E-state index contributed by atoms with van der Waals surface area (Å²) in [7, 11) is 0. The van der Waals surface area contributed by atoms with Gasteiger partial charge in [-0.3, -0.25) is 0 Å². The van der Waals surface area contributed by atoms with Crippen molar-refractivity contribution in [3.8, 4) is 0 Å². The van der Waals surface area contributed by atoms with Crippen LogP contribution in [-0.2, 0) is 0 Å². The van der Waals surface area contributed by atoms with Gasteiger partial charge in [0.15, 0.2) is 0 Å². The molecule has 1 heteroatoms. The minimum Gasteiger partial charge on any atom is -0.118 e. The predicted molar refractivity (Wildman–Crippen MR) is 91.7 cm³/mol. The number of halogens is 1. The molecule has 0 amide bonds. The molecule has 114 valence electrons. The topological polar surface area (TPSA) is 0 Å². The largest absolute Gasteiger partial charge is 0.118 e. The first-order valence-corrected chi connectivity index (χ1v) is 8.86. The highest BCUT2D eigenvalue weighted by molar-refractivity contribution is 6.20. The lowest BCUT2D eigenvalue weighted by molar-refractivity contribution is 0.584. The van der Waals surface area contributed by atoms with E-state index in [1.807, 2.05) is 0 Å². The molecule has 0 saturated carbocycles. The molecule has 0 fully saturated rings. The Hall–Kier alpha value is -0.490. The van der Waals surface area contributed by atoms with Crippen molar-refractivity contribution in [3.63, 3.8) is 0 Å². The summed E-state index contributed by atoms with van der Waals surface area (Å²) >= 11 is 6.51. The van der Waals surface area contributed by atoms with Crippen LogP contribution in [0.3, 0.4) is 0 Å². The van der Waals surface area contributed by atoms with Gasteiger partial charge in [-0.2, -0.15) is 0 Å². The fourth-order valence-electron chi connectivity index (χ4n) is 2.54. The van der Waals surface area contributed by atoms with Gasteiger partial charge in [0.05, 0.1) is 5.38 Å². The summed E-state index contributed by atoms with van der Waals surface area (Å²) in [5.74, 6) is 0.649. The first-order valence-electron chi connectivity index (χ1n) is 8.42. The molecule has 0 heterocycles. The number of hydrogen-bond acceptors (Lipinski definition) is 0. The smallest absolute Gasteiger partial charge is 0.0585 e. The first kappa shape index (κ1) is 17.6. The third-order valence-corrected chi connectivity index (χ3v) is 4.76. The van der Waals surface area contributed by atoms with Crippen LogP contribution in [0.15, 0.2) is 24.3 Å². The van der Waals surface area contributed by atoms with E-state index in [0.29, 0.717) is 5.92 Å². The zero-order chi connectivity index (χ0) is 14.8. The van der Waals surface area contributed by atoms with Crippen molar-refractivity contribution in [2.75, 3.05) is 0 Å². The monoisotopic (exact) mass is 294 g/mol. The molecule has 0 N–H and O–H groups in total. The minimum absolute atomic E-state index is 0.187. The first-order chi connectivity index (χ1) is 9.69. The third kappa shape index (κ3) is 6.31. The van der Waals surface area contributed by atoms with E-state index in [1.54, 1.807) is 0 Å². The molecule has 2 atom stereocenters. The number of alkyl halides is 1. The molecule has 0 aliphatic heterocycles. The van der Waals surface area contributed by atoms with Gasteiger partial charge in [-0.1, -0.05) is 83.6 Å². The van der Waals surface area contributed by atoms with Crippen molar-refractivity contribution in [3.05, 3.63) is 35.4 Å². The average molecular weight is 295 g/mol. The lowest BCUT2D eigenvalue weighted by Gasteiger charge is -2.13. The molecule has 0 aromatic heterocycles. The Labute approximate surface area is 130 Å². The highest BCUT2D eigenvalue weighted by atomic mass is 35.5. The zero-order valence-corrected chi connectivity index (χ0v) is 14.3. The number of hydrogen-bond donors (Lipinski definition) is 0. The summed E-state index contributed by atoms with van der Waals surface area (Å²) in [6, 6.07) is 8.94. The van der Waals surface area contributed by atoms with Gasteiger partial charge in [0.25, 0.3) is 0 Å². The summed E-state index contributed by atoms with van der Waals surface area (Å²) < 4.78 is 0. The molecular formula is C19H31Cl. The second-order valence-electron chi connectivity index (χ2n) is 6.00. The second kappa shape index (κ2) is 10.3. The summed E-state index contributed by atoms with van der Waals surface area (Å²) in [4.78, 5) is 0. The van der Waals surface area contributed by atoms with Crippen molar-refractivity contribution in [1.82, 2.24) is 0 Å². The Morgan fingerprint density at radius 3 is 2.00 bits per heavy atom. The van der Waals surface area contributed by atoms with Gasteiger partial charge >= 0.3 is 0 Å². The van der Waals surface area contributed by atoms with Crippen LogP contribution in [0.2, 0.25) is 0 Å². The SMILES string of the molecule is CCCCCCCCC(Cl)c1ccc(C(C)CC)cc1. The van der Waals surface area contributed by atoms with E-state index < -0.39 is 0 Å². The van der Waals surface area contributed by atoms with Gasteiger partial charge in [-0.15, -0.1) is 11.6 Å². The number of benzene rings is 1. The van der Waals surface area contributed by atoms with Crippen LogP contribution in [0.4, 0.5) is 0 Å². The van der Waals surface area contributed by atoms with Gasteiger partial charge in [-0.05, 0) is 29.9 Å². The van der Waals surface area contributed by atoms with Gasteiger partial charge in [0.2, 0.25) is 0 Å². The lowest BCUT2D eigenvalue weighted by Crippen LogP contribution is -1.94. The highest BCUT2D eigenvalue weighted by Crippen LogP contribution is 2.28. The maximum Gasteiger partial charge on any atom is 0.0585 e. The molecule has 2 unspecified atom stereocenters.